The first-order valence-electron chi connectivity index (χ1n) is 5.95. The zero-order valence-corrected chi connectivity index (χ0v) is 10.7. The molecule has 4 nitrogen and oxygen atoms in total. The van der Waals surface area contributed by atoms with Gasteiger partial charge in [0.25, 0.3) is 0 Å². The molecule has 0 aliphatic rings. The van der Waals surface area contributed by atoms with Crippen LogP contribution in [-0.4, -0.2) is 21.3 Å². The third-order valence-corrected chi connectivity index (χ3v) is 2.80. The highest BCUT2D eigenvalue weighted by molar-refractivity contribution is 5.26. The molecule has 0 saturated heterocycles. The molecular formula is C13H17FN4. The summed E-state index contributed by atoms with van der Waals surface area (Å²) >= 11 is 0. The molecule has 1 aromatic carbocycles. The summed E-state index contributed by atoms with van der Waals surface area (Å²) in [5.74, 6) is 0.629. The number of rotatable bonds is 5. The lowest BCUT2D eigenvalue weighted by atomic mass is 10.1. The molecule has 96 valence electrons. The lowest BCUT2D eigenvalue weighted by Gasteiger charge is -2.07. The molecule has 0 aliphatic carbocycles. The Bertz CT molecular complexity index is 521. The van der Waals surface area contributed by atoms with Gasteiger partial charge in [-0.15, -0.1) is 0 Å². The highest BCUT2D eigenvalue weighted by Gasteiger charge is 2.01. The lowest BCUT2D eigenvalue weighted by molar-refractivity contribution is 0.617. The van der Waals surface area contributed by atoms with Gasteiger partial charge in [-0.05, 0) is 30.2 Å². The van der Waals surface area contributed by atoms with E-state index >= 15 is 0 Å². The van der Waals surface area contributed by atoms with Crippen LogP contribution in [-0.2, 0) is 20.0 Å². The molecule has 0 radical (unpaired) electrons. The topological polar surface area (TPSA) is 42.7 Å². The number of hydrogen-bond acceptors (Lipinski definition) is 3. The average molecular weight is 248 g/mol. The van der Waals surface area contributed by atoms with Crippen molar-refractivity contribution in [2.24, 2.45) is 7.05 Å². The van der Waals surface area contributed by atoms with E-state index in [1.807, 2.05) is 14.0 Å². The van der Waals surface area contributed by atoms with E-state index in [2.05, 4.69) is 15.4 Å². The maximum absolute atomic E-state index is 13.1. The van der Waals surface area contributed by atoms with E-state index in [0.29, 0.717) is 6.54 Å². The largest absolute Gasteiger partial charge is 0.312 e. The summed E-state index contributed by atoms with van der Waals surface area (Å²) in [5, 5.41) is 7.46. The van der Waals surface area contributed by atoms with Crippen molar-refractivity contribution in [3.63, 3.8) is 0 Å². The van der Waals surface area contributed by atoms with Crippen LogP contribution in [0.1, 0.15) is 17.0 Å². The summed E-state index contributed by atoms with van der Waals surface area (Å²) in [6, 6.07) is 4.85. The number of halogens is 1. The van der Waals surface area contributed by atoms with Crippen LogP contribution in [0.5, 0.6) is 0 Å². The Hall–Kier alpha value is -1.75. The van der Waals surface area contributed by atoms with Gasteiger partial charge in [0.1, 0.15) is 12.1 Å². The predicted molar refractivity (Wildman–Crippen MR) is 67.6 cm³/mol. The molecule has 1 N–H and O–H groups in total. The Labute approximate surface area is 106 Å². The summed E-state index contributed by atoms with van der Waals surface area (Å²) in [5.41, 5.74) is 2.09. The van der Waals surface area contributed by atoms with Gasteiger partial charge in [-0.2, -0.15) is 5.10 Å². The van der Waals surface area contributed by atoms with Crippen molar-refractivity contribution in [2.75, 3.05) is 6.54 Å². The third kappa shape index (κ3) is 3.37. The number of hydrogen-bond donors (Lipinski definition) is 1. The van der Waals surface area contributed by atoms with Gasteiger partial charge in [0.05, 0.1) is 0 Å². The van der Waals surface area contributed by atoms with Crippen LogP contribution < -0.4 is 5.32 Å². The van der Waals surface area contributed by atoms with E-state index in [1.54, 1.807) is 23.1 Å². The fourth-order valence-electron chi connectivity index (χ4n) is 1.75. The molecular weight excluding hydrogens is 231 g/mol. The minimum atomic E-state index is -0.191. The summed E-state index contributed by atoms with van der Waals surface area (Å²) in [7, 11) is 1.85. The van der Waals surface area contributed by atoms with Gasteiger partial charge in [-0.25, -0.2) is 9.37 Å². The van der Waals surface area contributed by atoms with E-state index in [-0.39, 0.29) is 5.82 Å². The van der Waals surface area contributed by atoms with Crippen LogP contribution in [0.3, 0.4) is 0 Å². The Balaban J connectivity index is 1.80. The van der Waals surface area contributed by atoms with Crippen molar-refractivity contribution in [1.82, 2.24) is 20.1 Å². The second-order valence-electron chi connectivity index (χ2n) is 4.33. The fourth-order valence-corrected chi connectivity index (χ4v) is 1.75. The molecule has 1 aromatic heterocycles. The summed E-state index contributed by atoms with van der Waals surface area (Å²) in [6.45, 7) is 3.42. The van der Waals surface area contributed by atoms with E-state index in [1.165, 1.54) is 6.07 Å². The first-order valence-corrected chi connectivity index (χ1v) is 5.95. The molecule has 5 heteroatoms. The monoisotopic (exact) mass is 248 g/mol. The van der Waals surface area contributed by atoms with Crippen LogP contribution in [0.4, 0.5) is 4.39 Å². The van der Waals surface area contributed by atoms with Gasteiger partial charge >= 0.3 is 0 Å². The minimum Gasteiger partial charge on any atom is -0.312 e. The molecule has 2 aromatic rings. The second-order valence-corrected chi connectivity index (χ2v) is 4.33. The number of benzene rings is 1. The average Bonchev–Trinajstić information content (AvgIpc) is 2.75. The van der Waals surface area contributed by atoms with Crippen molar-refractivity contribution in [2.45, 2.75) is 19.9 Å². The number of nitrogens with zero attached hydrogens (tertiary/aromatic N) is 3. The van der Waals surface area contributed by atoms with Gasteiger partial charge in [0.15, 0.2) is 5.82 Å². The quantitative estimate of drug-likeness (QED) is 0.817. The fraction of sp³-hybridized carbons (Fsp3) is 0.385. The highest BCUT2D eigenvalue weighted by Crippen LogP contribution is 2.09. The van der Waals surface area contributed by atoms with Crippen molar-refractivity contribution in [3.8, 4) is 0 Å². The normalized spacial score (nSPS) is 10.8. The van der Waals surface area contributed by atoms with Crippen molar-refractivity contribution < 1.29 is 4.39 Å². The Kier molecular flexibility index (Phi) is 4.04. The van der Waals surface area contributed by atoms with E-state index < -0.39 is 0 Å². The smallest absolute Gasteiger partial charge is 0.151 e. The Morgan fingerprint density at radius 1 is 1.39 bits per heavy atom. The standard InChI is InChI=1S/C13H17FN4/c1-10-3-4-12(14)7-11(10)8-15-6-5-13-16-9-18(2)17-13/h3-4,7,9,15H,5-6,8H2,1-2H3. The van der Waals surface area contributed by atoms with Crippen molar-refractivity contribution >= 4 is 0 Å². The molecule has 0 bridgehead atoms. The molecule has 0 unspecified atom stereocenters. The zero-order valence-electron chi connectivity index (χ0n) is 10.7. The van der Waals surface area contributed by atoms with Crippen LogP contribution in [0.2, 0.25) is 0 Å². The molecule has 0 amide bonds. The molecule has 0 atom stereocenters. The number of aryl methyl sites for hydroxylation is 2. The summed E-state index contributed by atoms with van der Waals surface area (Å²) < 4.78 is 14.8. The van der Waals surface area contributed by atoms with Gasteiger partial charge in [-0.1, -0.05) is 6.07 Å². The van der Waals surface area contributed by atoms with E-state index in [9.17, 15) is 4.39 Å². The second kappa shape index (κ2) is 5.73. The first-order chi connectivity index (χ1) is 8.65. The number of nitrogens with one attached hydrogen (secondary N) is 1. The van der Waals surface area contributed by atoms with Gasteiger partial charge in [0, 0.05) is 26.6 Å². The summed E-state index contributed by atoms with van der Waals surface area (Å²) in [6.07, 6.45) is 2.46. The lowest BCUT2D eigenvalue weighted by Crippen LogP contribution is -2.18. The van der Waals surface area contributed by atoms with Gasteiger partial charge in [0.2, 0.25) is 0 Å². The molecule has 0 spiro atoms. The molecule has 18 heavy (non-hydrogen) atoms. The molecule has 0 aliphatic heterocycles. The first kappa shape index (κ1) is 12.7. The van der Waals surface area contributed by atoms with Gasteiger partial charge < -0.3 is 5.32 Å². The SMILES string of the molecule is Cc1ccc(F)cc1CNCCc1ncn(C)n1. The Morgan fingerprint density at radius 2 is 2.22 bits per heavy atom. The van der Waals surface area contributed by atoms with Crippen LogP contribution in [0, 0.1) is 12.7 Å². The summed E-state index contributed by atoms with van der Waals surface area (Å²) in [4.78, 5) is 4.14. The predicted octanol–water partition coefficient (Wildman–Crippen LogP) is 1.59. The van der Waals surface area contributed by atoms with E-state index in [0.717, 1.165) is 29.9 Å². The van der Waals surface area contributed by atoms with E-state index in [4.69, 9.17) is 0 Å². The maximum Gasteiger partial charge on any atom is 0.151 e. The third-order valence-electron chi connectivity index (χ3n) is 2.80. The van der Waals surface area contributed by atoms with Crippen molar-refractivity contribution in [3.05, 3.63) is 47.3 Å². The molecule has 0 fully saturated rings. The zero-order chi connectivity index (χ0) is 13.0. The molecule has 0 saturated carbocycles. The molecule has 1 heterocycles. The highest BCUT2D eigenvalue weighted by atomic mass is 19.1. The Morgan fingerprint density at radius 3 is 2.94 bits per heavy atom. The van der Waals surface area contributed by atoms with Crippen LogP contribution in [0.25, 0.3) is 0 Å². The van der Waals surface area contributed by atoms with Crippen LogP contribution >= 0.6 is 0 Å². The van der Waals surface area contributed by atoms with Crippen LogP contribution in [0.15, 0.2) is 24.5 Å². The number of aromatic nitrogens is 3. The maximum atomic E-state index is 13.1. The van der Waals surface area contributed by atoms with Crippen molar-refractivity contribution in [1.29, 1.82) is 0 Å². The minimum absolute atomic E-state index is 0.191. The molecule has 2 rings (SSSR count). The van der Waals surface area contributed by atoms with Gasteiger partial charge in [-0.3, -0.25) is 4.68 Å².